The maximum atomic E-state index is 6.08. The van der Waals surface area contributed by atoms with Crippen molar-refractivity contribution < 1.29 is 14.2 Å². The van der Waals surface area contributed by atoms with Crippen LogP contribution >= 0.6 is 0 Å². The Bertz CT molecular complexity index is 697. The first-order valence-electron chi connectivity index (χ1n) is 8.18. The molecule has 2 aromatic carbocycles. The molecule has 1 aliphatic heterocycles. The van der Waals surface area contributed by atoms with Crippen molar-refractivity contribution in [3.63, 3.8) is 0 Å². The maximum Gasteiger partial charge on any atom is 0.132 e. The van der Waals surface area contributed by atoms with Crippen LogP contribution in [0.1, 0.15) is 17.5 Å². The van der Waals surface area contributed by atoms with Crippen molar-refractivity contribution in [2.75, 3.05) is 6.61 Å². The molecule has 0 bridgehead atoms. The van der Waals surface area contributed by atoms with E-state index in [0.717, 1.165) is 11.5 Å². The Labute approximate surface area is 143 Å². The minimum Gasteiger partial charge on any atom is -0.491 e. The Balaban J connectivity index is 1.63. The first kappa shape index (κ1) is 16.4. The standard InChI is InChI=1S/C21H22O3/c1-4-17-13-20(24-19-11-7-16(3)8-12-19)21(23-17)14-22-18-9-5-15(2)6-10-18/h1,5-12,17,20-21H,13-14H2,2-3H3/t17-,20+,21-/m1/s1. The van der Waals surface area contributed by atoms with E-state index in [1.165, 1.54) is 11.1 Å². The second-order valence-electron chi connectivity index (χ2n) is 6.16. The highest BCUT2D eigenvalue weighted by Gasteiger charge is 2.36. The fourth-order valence-electron chi connectivity index (χ4n) is 2.70. The van der Waals surface area contributed by atoms with E-state index in [4.69, 9.17) is 20.6 Å². The first-order chi connectivity index (χ1) is 11.6. The highest BCUT2D eigenvalue weighted by atomic mass is 16.6. The van der Waals surface area contributed by atoms with Crippen molar-refractivity contribution in [3.8, 4) is 23.8 Å². The third-order valence-electron chi connectivity index (χ3n) is 4.13. The van der Waals surface area contributed by atoms with Crippen LogP contribution in [0.25, 0.3) is 0 Å². The fourth-order valence-corrected chi connectivity index (χ4v) is 2.70. The van der Waals surface area contributed by atoms with Crippen molar-refractivity contribution in [1.29, 1.82) is 0 Å². The highest BCUT2D eigenvalue weighted by Crippen LogP contribution is 2.26. The molecule has 0 saturated carbocycles. The second-order valence-corrected chi connectivity index (χ2v) is 6.16. The van der Waals surface area contributed by atoms with Crippen LogP contribution < -0.4 is 9.47 Å². The molecule has 3 rings (SSSR count). The lowest BCUT2D eigenvalue weighted by Gasteiger charge is -2.20. The van der Waals surface area contributed by atoms with Crippen molar-refractivity contribution in [3.05, 3.63) is 59.7 Å². The number of hydrogen-bond acceptors (Lipinski definition) is 3. The number of ether oxygens (including phenoxy) is 3. The molecule has 124 valence electrons. The summed E-state index contributed by atoms with van der Waals surface area (Å²) >= 11 is 0. The Hall–Kier alpha value is -2.44. The van der Waals surface area contributed by atoms with Crippen LogP contribution in [0.3, 0.4) is 0 Å². The summed E-state index contributed by atoms with van der Waals surface area (Å²) in [7, 11) is 0. The monoisotopic (exact) mass is 322 g/mol. The topological polar surface area (TPSA) is 27.7 Å². The molecule has 0 amide bonds. The van der Waals surface area contributed by atoms with Gasteiger partial charge in [-0.1, -0.05) is 41.3 Å². The smallest absolute Gasteiger partial charge is 0.132 e. The average molecular weight is 322 g/mol. The summed E-state index contributed by atoms with van der Waals surface area (Å²) in [5.41, 5.74) is 2.40. The van der Waals surface area contributed by atoms with Crippen LogP contribution in [0.4, 0.5) is 0 Å². The number of benzene rings is 2. The summed E-state index contributed by atoms with van der Waals surface area (Å²) in [5, 5.41) is 0. The summed E-state index contributed by atoms with van der Waals surface area (Å²) in [4.78, 5) is 0. The Morgan fingerprint density at radius 2 is 1.58 bits per heavy atom. The van der Waals surface area contributed by atoms with Crippen LogP contribution in [0.5, 0.6) is 11.5 Å². The van der Waals surface area contributed by atoms with Gasteiger partial charge in [-0.3, -0.25) is 0 Å². The van der Waals surface area contributed by atoms with Gasteiger partial charge in [-0.05, 0) is 38.1 Å². The molecular weight excluding hydrogens is 300 g/mol. The zero-order valence-corrected chi connectivity index (χ0v) is 14.1. The molecule has 3 atom stereocenters. The van der Waals surface area contributed by atoms with E-state index in [9.17, 15) is 0 Å². The van der Waals surface area contributed by atoms with E-state index in [0.29, 0.717) is 13.0 Å². The van der Waals surface area contributed by atoms with E-state index in [2.05, 4.69) is 12.8 Å². The summed E-state index contributed by atoms with van der Waals surface area (Å²) < 4.78 is 17.8. The molecule has 0 spiro atoms. The van der Waals surface area contributed by atoms with Gasteiger partial charge >= 0.3 is 0 Å². The SMILES string of the molecule is C#C[C@@H]1C[C@H](Oc2ccc(C)cc2)[C@@H](COc2ccc(C)cc2)O1. The molecule has 2 aromatic rings. The van der Waals surface area contributed by atoms with Crippen LogP contribution in [-0.4, -0.2) is 24.9 Å². The summed E-state index contributed by atoms with van der Waals surface area (Å²) in [5.74, 6) is 4.31. The number of rotatable bonds is 5. The van der Waals surface area contributed by atoms with Gasteiger partial charge in [0.15, 0.2) is 0 Å². The van der Waals surface area contributed by atoms with E-state index in [1.807, 2.05) is 55.5 Å². The number of aryl methyl sites for hydroxylation is 2. The van der Waals surface area contributed by atoms with Crippen molar-refractivity contribution in [1.82, 2.24) is 0 Å². The predicted octanol–water partition coefficient (Wildman–Crippen LogP) is 3.92. The van der Waals surface area contributed by atoms with Crippen molar-refractivity contribution in [2.45, 2.75) is 38.6 Å². The molecule has 3 heteroatoms. The molecule has 1 heterocycles. The van der Waals surface area contributed by atoms with Crippen LogP contribution in [0.2, 0.25) is 0 Å². The Morgan fingerprint density at radius 1 is 1.00 bits per heavy atom. The first-order valence-corrected chi connectivity index (χ1v) is 8.18. The number of hydrogen-bond donors (Lipinski definition) is 0. The largest absolute Gasteiger partial charge is 0.491 e. The molecule has 0 aromatic heterocycles. The normalized spacial score (nSPS) is 22.8. The quantitative estimate of drug-likeness (QED) is 0.781. The molecule has 1 aliphatic rings. The van der Waals surface area contributed by atoms with Crippen molar-refractivity contribution in [2.24, 2.45) is 0 Å². The van der Waals surface area contributed by atoms with Gasteiger partial charge in [0, 0.05) is 6.42 Å². The third-order valence-corrected chi connectivity index (χ3v) is 4.13. The molecular formula is C21H22O3. The molecule has 1 saturated heterocycles. The van der Waals surface area contributed by atoms with Gasteiger partial charge in [0.25, 0.3) is 0 Å². The van der Waals surface area contributed by atoms with Gasteiger partial charge in [-0.15, -0.1) is 6.42 Å². The minimum atomic E-state index is -0.230. The summed E-state index contributed by atoms with van der Waals surface area (Å²) in [6.07, 6.45) is 5.67. The summed E-state index contributed by atoms with van der Waals surface area (Å²) in [6, 6.07) is 16.0. The lowest BCUT2D eigenvalue weighted by Crippen LogP contribution is -2.32. The zero-order chi connectivity index (χ0) is 16.9. The Kier molecular flexibility index (Phi) is 5.08. The maximum absolute atomic E-state index is 6.08. The minimum absolute atomic E-state index is 0.112. The van der Waals surface area contributed by atoms with Crippen molar-refractivity contribution >= 4 is 0 Å². The lowest BCUT2D eigenvalue weighted by molar-refractivity contribution is 0.00521. The molecule has 24 heavy (non-hydrogen) atoms. The molecule has 0 N–H and O–H groups in total. The molecule has 1 fully saturated rings. The molecule has 0 unspecified atom stereocenters. The zero-order valence-electron chi connectivity index (χ0n) is 14.1. The van der Waals surface area contributed by atoms with Crippen LogP contribution in [-0.2, 0) is 4.74 Å². The van der Waals surface area contributed by atoms with E-state index >= 15 is 0 Å². The van der Waals surface area contributed by atoms with Gasteiger partial charge in [-0.2, -0.15) is 0 Å². The van der Waals surface area contributed by atoms with Crippen LogP contribution in [0.15, 0.2) is 48.5 Å². The van der Waals surface area contributed by atoms with E-state index in [-0.39, 0.29) is 18.3 Å². The summed E-state index contributed by atoms with van der Waals surface area (Å²) in [6.45, 7) is 4.51. The van der Waals surface area contributed by atoms with Gasteiger partial charge in [0.1, 0.15) is 36.4 Å². The molecule has 0 aliphatic carbocycles. The van der Waals surface area contributed by atoms with E-state index in [1.54, 1.807) is 0 Å². The van der Waals surface area contributed by atoms with Gasteiger partial charge < -0.3 is 14.2 Å². The van der Waals surface area contributed by atoms with Gasteiger partial charge in [-0.25, -0.2) is 0 Å². The highest BCUT2D eigenvalue weighted by molar-refractivity contribution is 5.27. The van der Waals surface area contributed by atoms with Crippen LogP contribution in [0, 0.1) is 26.2 Å². The Morgan fingerprint density at radius 3 is 2.17 bits per heavy atom. The average Bonchev–Trinajstić information content (AvgIpc) is 2.98. The van der Waals surface area contributed by atoms with Gasteiger partial charge in [0.2, 0.25) is 0 Å². The number of terminal acetylenes is 1. The van der Waals surface area contributed by atoms with Gasteiger partial charge in [0.05, 0.1) is 0 Å². The van der Waals surface area contributed by atoms with E-state index < -0.39 is 0 Å². The third kappa shape index (κ3) is 4.10. The predicted molar refractivity (Wildman–Crippen MR) is 94.4 cm³/mol. The fraction of sp³-hybridized carbons (Fsp3) is 0.333. The molecule has 3 nitrogen and oxygen atoms in total. The second kappa shape index (κ2) is 7.42. The molecule has 0 radical (unpaired) electrons. The lowest BCUT2D eigenvalue weighted by atomic mass is 10.1.